The minimum Gasteiger partial charge on any atom is -0.295 e. The fourth-order valence-corrected chi connectivity index (χ4v) is 2.62. The summed E-state index contributed by atoms with van der Waals surface area (Å²) in [7, 11) is 0. The van der Waals surface area contributed by atoms with Crippen LogP contribution in [0.25, 0.3) is 0 Å². The Morgan fingerprint density at radius 1 is 1.47 bits per heavy atom. The van der Waals surface area contributed by atoms with Gasteiger partial charge in [-0.25, -0.2) is 4.79 Å². The van der Waals surface area contributed by atoms with Crippen molar-refractivity contribution in [2.24, 2.45) is 0 Å². The minimum atomic E-state index is -0.382. The normalized spacial score (nSPS) is 10.5. The molecule has 2 aromatic heterocycles. The maximum atomic E-state index is 11.4. The van der Waals surface area contributed by atoms with Gasteiger partial charge in [0, 0.05) is 27.0 Å². The van der Waals surface area contributed by atoms with E-state index in [9.17, 15) is 9.59 Å². The summed E-state index contributed by atoms with van der Waals surface area (Å²) in [5.74, 6) is 0. The smallest absolute Gasteiger partial charge is 0.295 e. The van der Waals surface area contributed by atoms with Crippen molar-refractivity contribution in [2.45, 2.75) is 6.54 Å². The van der Waals surface area contributed by atoms with E-state index in [0.717, 1.165) is 9.35 Å². The largest absolute Gasteiger partial charge is 0.328 e. The number of nitrogens with one attached hydrogen (secondary N) is 1. The molecule has 2 aromatic rings. The molecule has 6 heteroatoms. The number of hydrogen-bond donors (Lipinski definition) is 1. The van der Waals surface area contributed by atoms with Crippen molar-refractivity contribution < 1.29 is 0 Å². The first-order valence-electron chi connectivity index (χ1n) is 4.18. The number of halogens is 1. The number of thiophene rings is 1. The molecule has 0 fully saturated rings. The Labute approximate surface area is 97.3 Å². The van der Waals surface area contributed by atoms with Gasteiger partial charge in [-0.3, -0.25) is 14.3 Å². The third-order valence-corrected chi connectivity index (χ3v) is 3.53. The molecule has 2 heterocycles. The first-order chi connectivity index (χ1) is 7.15. The SMILES string of the molecule is O=c1ccn(Cc2cc(Br)cs2)c(=O)[nH]1. The van der Waals surface area contributed by atoms with Crippen LogP contribution in [0.5, 0.6) is 0 Å². The van der Waals surface area contributed by atoms with E-state index in [2.05, 4.69) is 20.9 Å². The van der Waals surface area contributed by atoms with E-state index in [0.29, 0.717) is 6.54 Å². The lowest BCUT2D eigenvalue weighted by Gasteiger charge is -2.00. The van der Waals surface area contributed by atoms with Crippen LogP contribution in [0.15, 0.2) is 37.8 Å². The number of nitrogens with zero attached hydrogens (tertiary/aromatic N) is 1. The molecule has 4 nitrogen and oxygen atoms in total. The molecule has 0 saturated carbocycles. The van der Waals surface area contributed by atoms with Gasteiger partial charge in [-0.2, -0.15) is 0 Å². The highest BCUT2D eigenvalue weighted by atomic mass is 79.9. The maximum absolute atomic E-state index is 11.4. The van der Waals surface area contributed by atoms with Crippen molar-refractivity contribution >= 4 is 27.3 Å². The fourth-order valence-electron chi connectivity index (χ4n) is 1.17. The van der Waals surface area contributed by atoms with Gasteiger partial charge in [0.25, 0.3) is 5.56 Å². The van der Waals surface area contributed by atoms with Crippen molar-refractivity contribution in [3.05, 3.63) is 53.9 Å². The Morgan fingerprint density at radius 3 is 2.87 bits per heavy atom. The summed E-state index contributed by atoms with van der Waals surface area (Å²) in [5, 5.41) is 1.95. The molecule has 0 unspecified atom stereocenters. The number of H-pyrrole nitrogens is 1. The Hall–Kier alpha value is -1.14. The molecule has 1 N–H and O–H groups in total. The van der Waals surface area contributed by atoms with Crippen LogP contribution in [-0.4, -0.2) is 9.55 Å². The van der Waals surface area contributed by atoms with E-state index in [1.54, 1.807) is 11.3 Å². The van der Waals surface area contributed by atoms with Crippen LogP contribution in [0.3, 0.4) is 0 Å². The van der Waals surface area contributed by atoms with Crippen LogP contribution >= 0.6 is 27.3 Å². The molecular weight excluding hydrogens is 280 g/mol. The predicted octanol–water partition coefficient (Wildman–Crippen LogP) is 1.41. The minimum absolute atomic E-state index is 0.372. The van der Waals surface area contributed by atoms with Crippen molar-refractivity contribution in [3.63, 3.8) is 0 Å². The lowest BCUT2D eigenvalue weighted by Crippen LogP contribution is -2.28. The number of aromatic amines is 1. The zero-order valence-electron chi connectivity index (χ0n) is 7.57. The summed E-state index contributed by atoms with van der Waals surface area (Å²) in [6, 6.07) is 3.28. The van der Waals surface area contributed by atoms with Gasteiger partial charge >= 0.3 is 5.69 Å². The van der Waals surface area contributed by atoms with Crippen LogP contribution < -0.4 is 11.2 Å². The average Bonchev–Trinajstić information content (AvgIpc) is 2.56. The first-order valence-corrected chi connectivity index (χ1v) is 5.85. The second kappa shape index (κ2) is 4.16. The van der Waals surface area contributed by atoms with Crippen molar-refractivity contribution in [3.8, 4) is 0 Å². The zero-order chi connectivity index (χ0) is 10.8. The predicted molar refractivity (Wildman–Crippen MR) is 62.4 cm³/mol. The number of hydrogen-bond acceptors (Lipinski definition) is 3. The third kappa shape index (κ3) is 2.45. The Bertz CT molecular complexity index is 584. The molecule has 0 saturated heterocycles. The summed E-state index contributed by atoms with van der Waals surface area (Å²) in [5.41, 5.74) is -0.754. The molecule has 0 spiro atoms. The second-order valence-electron chi connectivity index (χ2n) is 2.97. The summed E-state index contributed by atoms with van der Waals surface area (Å²) < 4.78 is 2.46. The highest BCUT2D eigenvalue weighted by Gasteiger charge is 2.00. The Balaban J connectivity index is 2.32. The van der Waals surface area contributed by atoms with Gasteiger partial charge in [0.1, 0.15) is 0 Å². The van der Waals surface area contributed by atoms with Crippen molar-refractivity contribution in [1.29, 1.82) is 0 Å². The molecule has 0 aromatic carbocycles. The highest BCUT2D eigenvalue weighted by molar-refractivity contribution is 9.10. The van der Waals surface area contributed by atoms with Gasteiger partial charge < -0.3 is 0 Å². The molecule has 78 valence electrons. The van der Waals surface area contributed by atoms with E-state index in [-0.39, 0.29) is 11.2 Å². The molecule has 0 aliphatic heterocycles. The molecule has 0 aliphatic rings. The number of aromatic nitrogens is 2. The lowest BCUT2D eigenvalue weighted by molar-refractivity contribution is 0.728. The van der Waals surface area contributed by atoms with E-state index >= 15 is 0 Å². The summed E-state index contributed by atoms with van der Waals surface area (Å²) in [6.07, 6.45) is 1.49. The summed E-state index contributed by atoms with van der Waals surface area (Å²) in [4.78, 5) is 25.4. The molecule has 0 radical (unpaired) electrons. The maximum Gasteiger partial charge on any atom is 0.328 e. The molecule has 0 atom stereocenters. The first kappa shape index (κ1) is 10.4. The summed E-state index contributed by atoms with van der Waals surface area (Å²) >= 11 is 4.90. The van der Waals surface area contributed by atoms with Crippen LogP contribution in [-0.2, 0) is 6.54 Å². The Kier molecular flexibility index (Phi) is 2.88. The number of rotatable bonds is 2. The Morgan fingerprint density at radius 2 is 2.27 bits per heavy atom. The zero-order valence-corrected chi connectivity index (χ0v) is 9.97. The average molecular weight is 287 g/mol. The van der Waals surface area contributed by atoms with Gasteiger partial charge in [0.15, 0.2) is 0 Å². The van der Waals surface area contributed by atoms with E-state index in [4.69, 9.17) is 0 Å². The van der Waals surface area contributed by atoms with Crippen molar-refractivity contribution in [2.75, 3.05) is 0 Å². The topological polar surface area (TPSA) is 54.9 Å². The fraction of sp³-hybridized carbons (Fsp3) is 0.111. The molecule has 0 aliphatic carbocycles. The van der Waals surface area contributed by atoms with E-state index < -0.39 is 0 Å². The van der Waals surface area contributed by atoms with Crippen LogP contribution in [0.1, 0.15) is 4.88 Å². The van der Waals surface area contributed by atoms with Gasteiger partial charge in [-0.1, -0.05) is 0 Å². The van der Waals surface area contributed by atoms with E-state index in [1.807, 2.05) is 11.4 Å². The molecular formula is C9H7BrN2O2S. The summed E-state index contributed by atoms with van der Waals surface area (Å²) in [6.45, 7) is 0.478. The van der Waals surface area contributed by atoms with Crippen LogP contribution in [0.2, 0.25) is 0 Å². The third-order valence-electron chi connectivity index (χ3n) is 1.84. The molecule has 0 amide bonds. The van der Waals surface area contributed by atoms with E-state index in [1.165, 1.54) is 16.8 Å². The highest BCUT2D eigenvalue weighted by Crippen LogP contribution is 2.19. The quantitative estimate of drug-likeness (QED) is 0.908. The standard InChI is InChI=1S/C9H7BrN2O2S/c10-6-3-7(15-5-6)4-12-2-1-8(13)11-9(12)14/h1-3,5H,4H2,(H,11,13,14). The second-order valence-corrected chi connectivity index (χ2v) is 4.88. The van der Waals surface area contributed by atoms with Gasteiger partial charge in [-0.15, -0.1) is 11.3 Å². The molecule has 2 rings (SSSR count). The monoisotopic (exact) mass is 286 g/mol. The van der Waals surface area contributed by atoms with Crippen LogP contribution in [0.4, 0.5) is 0 Å². The van der Waals surface area contributed by atoms with Crippen molar-refractivity contribution in [1.82, 2.24) is 9.55 Å². The molecule has 15 heavy (non-hydrogen) atoms. The lowest BCUT2D eigenvalue weighted by atomic mass is 10.4. The van der Waals surface area contributed by atoms with Crippen LogP contribution in [0, 0.1) is 0 Å². The van der Waals surface area contributed by atoms with Gasteiger partial charge in [-0.05, 0) is 22.0 Å². The van der Waals surface area contributed by atoms with Gasteiger partial charge in [0.2, 0.25) is 0 Å². The van der Waals surface area contributed by atoms with Gasteiger partial charge in [0.05, 0.1) is 6.54 Å². The molecule has 0 bridgehead atoms.